The maximum Gasteiger partial charge on any atom is 0.234 e. The van der Waals surface area contributed by atoms with E-state index in [0.29, 0.717) is 22.3 Å². The fourth-order valence-corrected chi connectivity index (χ4v) is 3.10. The summed E-state index contributed by atoms with van der Waals surface area (Å²) in [6.45, 7) is 0. The normalized spacial score (nSPS) is 13.6. The quantitative estimate of drug-likeness (QED) is 0.851. The molecule has 1 aromatic carbocycles. The molecule has 1 aromatic heterocycles. The molecule has 1 heterocycles. The molecule has 1 aliphatic rings. The van der Waals surface area contributed by atoms with Crippen molar-refractivity contribution in [1.29, 1.82) is 5.26 Å². The number of rotatable bonds is 5. The molecule has 1 amide bonds. The SMILES string of the molecule is N#Cc1ccc(NC(=O)CSc2nccn2C2CC2)cc1Cl. The standard InChI is InChI=1S/C15H13ClN4OS/c16-13-7-11(2-1-10(13)8-17)19-14(21)9-22-15-18-5-6-20(15)12-3-4-12/h1-2,5-7,12H,3-4,9H2,(H,19,21). The van der Waals surface area contributed by atoms with Crippen LogP contribution in [-0.4, -0.2) is 21.2 Å². The van der Waals surface area contributed by atoms with Gasteiger partial charge in [-0.2, -0.15) is 5.26 Å². The molecule has 0 aliphatic heterocycles. The first-order chi connectivity index (χ1) is 10.7. The van der Waals surface area contributed by atoms with Crippen LogP contribution in [0.1, 0.15) is 24.4 Å². The van der Waals surface area contributed by atoms with Crippen LogP contribution in [0.3, 0.4) is 0 Å². The predicted octanol–water partition coefficient (Wildman–Crippen LogP) is 3.47. The number of amides is 1. The molecule has 112 valence electrons. The molecule has 1 aliphatic carbocycles. The zero-order valence-corrected chi connectivity index (χ0v) is 13.2. The largest absolute Gasteiger partial charge is 0.325 e. The highest BCUT2D eigenvalue weighted by Gasteiger charge is 2.25. The molecular formula is C15H13ClN4OS. The van der Waals surface area contributed by atoms with Crippen molar-refractivity contribution in [1.82, 2.24) is 9.55 Å². The van der Waals surface area contributed by atoms with Gasteiger partial charge in [0.05, 0.1) is 16.3 Å². The summed E-state index contributed by atoms with van der Waals surface area (Å²) >= 11 is 7.36. The van der Waals surface area contributed by atoms with E-state index >= 15 is 0 Å². The summed E-state index contributed by atoms with van der Waals surface area (Å²) in [7, 11) is 0. The van der Waals surface area contributed by atoms with E-state index in [1.54, 1.807) is 24.4 Å². The van der Waals surface area contributed by atoms with E-state index in [4.69, 9.17) is 16.9 Å². The highest BCUT2D eigenvalue weighted by Crippen LogP contribution is 2.37. The molecule has 1 fully saturated rings. The van der Waals surface area contributed by atoms with E-state index in [1.165, 1.54) is 24.6 Å². The first-order valence-corrected chi connectivity index (χ1v) is 8.19. The van der Waals surface area contributed by atoms with Gasteiger partial charge in [0.25, 0.3) is 0 Å². The maximum atomic E-state index is 12.0. The van der Waals surface area contributed by atoms with Gasteiger partial charge in [-0.25, -0.2) is 4.98 Å². The van der Waals surface area contributed by atoms with Crippen LogP contribution in [0.25, 0.3) is 0 Å². The summed E-state index contributed by atoms with van der Waals surface area (Å²) in [5.74, 6) is 0.151. The number of carbonyl (C=O) groups is 1. The van der Waals surface area contributed by atoms with Crippen molar-refractivity contribution < 1.29 is 4.79 Å². The number of halogens is 1. The van der Waals surface area contributed by atoms with Crippen molar-refractivity contribution in [3.63, 3.8) is 0 Å². The fourth-order valence-electron chi connectivity index (χ4n) is 2.05. The number of nitriles is 1. The lowest BCUT2D eigenvalue weighted by atomic mass is 10.2. The molecule has 1 saturated carbocycles. The summed E-state index contributed by atoms with van der Waals surface area (Å²) in [6, 6.07) is 7.36. The van der Waals surface area contributed by atoms with Gasteiger partial charge in [0.2, 0.25) is 5.91 Å². The number of hydrogen-bond acceptors (Lipinski definition) is 4. The van der Waals surface area contributed by atoms with Gasteiger partial charge in [-0.05, 0) is 31.0 Å². The van der Waals surface area contributed by atoms with Gasteiger partial charge in [-0.15, -0.1) is 0 Å². The molecule has 0 atom stereocenters. The Labute approximate surface area is 137 Å². The molecule has 7 heteroatoms. The highest BCUT2D eigenvalue weighted by molar-refractivity contribution is 7.99. The molecule has 0 radical (unpaired) electrons. The maximum absolute atomic E-state index is 12.0. The first-order valence-electron chi connectivity index (χ1n) is 6.82. The third kappa shape index (κ3) is 3.43. The lowest BCUT2D eigenvalue weighted by Crippen LogP contribution is -2.14. The van der Waals surface area contributed by atoms with Crippen molar-refractivity contribution in [3.05, 3.63) is 41.2 Å². The molecule has 1 N–H and O–H groups in total. The Morgan fingerprint density at radius 1 is 1.55 bits per heavy atom. The number of anilines is 1. The number of thioether (sulfide) groups is 1. The van der Waals surface area contributed by atoms with Crippen LogP contribution in [0.5, 0.6) is 0 Å². The third-order valence-electron chi connectivity index (χ3n) is 3.28. The van der Waals surface area contributed by atoms with Gasteiger partial charge in [0, 0.05) is 24.1 Å². The molecule has 0 saturated heterocycles. The smallest absolute Gasteiger partial charge is 0.234 e. The second kappa shape index (κ2) is 6.42. The van der Waals surface area contributed by atoms with Crippen LogP contribution >= 0.6 is 23.4 Å². The highest BCUT2D eigenvalue weighted by atomic mass is 35.5. The molecule has 2 aromatic rings. The Kier molecular flexibility index (Phi) is 4.36. The van der Waals surface area contributed by atoms with E-state index in [1.807, 2.05) is 12.3 Å². The number of aromatic nitrogens is 2. The Bertz CT molecular complexity index is 748. The molecule has 22 heavy (non-hydrogen) atoms. The fraction of sp³-hybridized carbons (Fsp3) is 0.267. The number of hydrogen-bond donors (Lipinski definition) is 1. The average molecular weight is 333 g/mol. The second-order valence-corrected chi connectivity index (χ2v) is 6.34. The van der Waals surface area contributed by atoms with E-state index in [2.05, 4.69) is 14.9 Å². The summed E-state index contributed by atoms with van der Waals surface area (Å²) < 4.78 is 2.12. The summed E-state index contributed by atoms with van der Waals surface area (Å²) in [4.78, 5) is 16.3. The number of benzene rings is 1. The molecule has 0 bridgehead atoms. The van der Waals surface area contributed by atoms with Crippen LogP contribution in [0.15, 0.2) is 35.7 Å². The zero-order chi connectivity index (χ0) is 15.5. The minimum Gasteiger partial charge on any atom is -0.325 e. The van der Waals surface area contributed by atoms with E-state index in [-0.39, 0.29) is 11.7 Å². The number of imidazole rings is 1. The lowest BCUT2D eigenvalue weighted by molar-refractivity contribution is -0.113. The summed E-state index contributed by atoms with van der Waals surface area (Å²) in [5, 5.41) is 12.8. The van der Waals surface area contributed by atoms with Gasteiger partial charge in [-0.1, -0.05) is 23.4 Å². The molecule has 3 rings (SSSR count). The molecular weight excluding hydrogens is 320 g/mol. The minimum absolute atomic E-state index is 0.129. The number of carbonyl (C=O) groups excluding carboxylic acids is 1. The Hall–Kier alpha value is -1.97. The number of nitrogens with one attached hydrogen (secondary N) is 1. The van der Waals surface area contributed by atoms with Crippen LogP contribution in [0.4, 0.5) is 5.69 Å². The average Bonchev–Trinajstić information content (AvgIpc) is 3.24. The summed E-state index contributed by atoms with van der Waals surface area (Å²) in [5.41, 5.74) is 0.973. The van der Waals surface area contributed by atoms with Crippen molar-refractivity contribution in [3.8, 4) is 6.07 Å². The van der Waals surface area contributed by atoms with Crippen molar-refractivity contribution in [2.75, 3.05) is 11.1 Å². The van der Waals surface area contributed by atoms with E-state index in [9.17, 15) is 4.79 Å². The van der Waals surface area contributed by atoms with Gasteiger partial charge in [-0.3, -0.25) is 4.79 Å². The Morgan fingerprint density at radius 2 is 2.36 bits per heavy atom. The first kappa shape index (κ1) is 14.9. The van der Waals surface area contributed by atoms with Crippen LogP contribution in [0, 0.1) is 11.3 Å². The van der Waals surface area contributed by atoms with Crippen molar-refractivity contribution in [2.24, 2.45) is 0 Å². The van der Waals surface area contributed by atoms with Crippen molar-refractivity contribution >= 4 is 35.0 Å². The van der Waals surface area contributed by atoms with Crippen LogP contribution in [0.2, 0.25) is 5.02 Å². The van der Waals surface area contributed by atoms with Gasteiger partial charge in [0.1, 0.15) is 6.07 Å². The van der Waals surface area contributed by atoms with E-state index in [0.717, 1.165) is 5.16 Å². The lowest BCUT2D eigenvalue weighted by Gasteiger charge is -2.07. The predicted molar refractivity (Wildman–Crippen MR) is 86.0 cm³/mol. The van der Waals surface area contributed by atoms with E-state index < -0.39 is 0 Å². The van der Waals surface area contributed by atoms with Gasteiger partial charge < -0.3 is 9.88 Å². The Morgan fingerprint density at radius 3 is 3.05 bits per heavy atom. The van der Waals surface area contributed by atoms with Gasteiger partial charge >= 0.3 is 0 Å². The van der Waals surface area contributed by atoms with Gasteiger partial charge in [0.15, 0.2) is 5.16 Å². The number of nitrogens with zero attached hydrogens (tertiary/aromatic N) is 3. The molecule has 0 spiro atoms. The minimum atomic E-state index is -0.129. The second-order valence-electron chi connectivity index (χ2n) is 4.99. The van der Waals surface area contributed by atoms with Crippen LogP contribution < -0.4 is 5.32 Å². The molecule has 0 unspecified atom stereocenters. The van der Waals surface area contributed by atoms with Crippen LogP contribution in [-0.2, 0) is 4.79 Å². The topological polar surface area (TPSA) is 70.7 Å². The summed E-state index contributed by atoms with van der Waals surface area (Å²) in [6.07, 6.45) is 6.08. The Balaban J connectivity index is 1.57. The third-order valence-corrected chi connectivity index (χ3v) is 4.57. The zero-order valence-electron chi connectivity index (χ0n) is 11.6. The van der Waals surface area contributed by atoms with Crippen molar-refractivity contribution in [2.45, 2.75) is 24.0 Å². The molecule has 5 nitrogen and oxygen atoms in total. The monoisotopic (exact) mass is 332 g/mol.